The quantitative estimate of drug-likeness (QED) is 0.737. The molecule has 0 atom stereocenters. The zero-order valence-electron chi connectivity index (χ0n) is 13.9. The van der Waals surface area contributed by atoms with E-state index in [1.54, 1.807) is 0 Å². The molecule has 24 heavy (non-hydrogen) atoms. The van der Waals surface area contributed by atoms with E-state index < -0.39 is 0 Å². The fourth-order valence-electron chi connectivity index (χ4n) is 2.78. The minimum Gasteiger partial charge on any atom is -0.490 e. The lowest BCUT2D eigenvalue weighted by Crippen LogP contribution is -2.12. The van der Waals surface area contributed by atoms with E-state index in [0.717, 1.165) is 16.9 Å². The van der Waals surface area contributed by atoms with E-state index in [1.165, 1.54) is 11.1 Å². The van der Waals surface area contributed by atoms with Gasteiger partial charge in [0, 0.05) is 6.42 Å². The molecular weight excluding hydrogens is 324 g/mol. The van der Waals surface area contributed by atoms with Gasteiger partial charge in [0.1, 0.15) is 18.2 Å². The van der Waals surface area contributed by atoms with Crippen molar-refractivity contribution in [1.29, 1.82) is 0 Å². The highest BCUT2D eigenvalue weighted by atomic mass is 35.5. The van der Waals surface area contributed by atoms with Gasteiger partial charge in [0.2, 0.25) is 0 Å². The Bertz CT molecular complexity index is 858. The monoisotopic (exact) mass is 344 g/mol. The van der Waals surface area contributed by atoms with Gasteiger partial charge in [-0.2, -0.15) is 0 Å². The van der Waals surface area contributed by atoms with Crippen LogP contribution >= 0.6 is 11.6 Å². The molecule has 0 aliphatic carbocycles. The maximum Gasteiger partial charge on any atom is 0.137 e. The number of aromatic nitrogens is 2. The summed E-state index contributed by atoms with van der Waals surface area (Å²) in [6, 6.07) is 11.7. The molecule has 4 nitrogen and oxygen atoms in total. The van der Waals surface area contributed by atoms with Crippen LogP contribution in [0.15, 0.2) is 36.4 Å². The van der Waals surface area contributed by atoms with Gasteiger partial charge < -0.3 is 14.4 Å². The number of aliphatic hydroxyl groups is 1. The summed E-state index contributed by atoms with van der Waals surface area (Å²) in [5.74, 6) is 1.56. The lowest BCUT2D eigenvalue weighted by atomic mass is 10.1. The van der Waals surface area contributed by atoms with Crippen molar-refractivity contribution < 1.29 is 9.84 Å². The van der Waals surface area contributed by atoms with E-state index in [-0.39, 0.29) is 6.61 Å². The number of aliphatic hydroxyl groups excluding tert-OH is 1. The van der Waals surface area contributed by atoms with Crippen LogP contribution in [0.25, 0.3) is 11.0 Å². The van der Waals surface area contributed by atoms with Gasteiger partial charge in [0.15, 0.2) is 0 Å². The first-order valence-corrected chi connectivity index (χ1v) is 8.42. The number of nitrogens with zero attached hydrogens (tertiary/aromatic N) is 2. The Morgan fingerprint density at radius 2 is 1.92 bits per heavy atom. The summed E-state index contributed by atoms with van der Waals surface area (Å²) < 4.78 is 7.92. The minimum absolute atomic E-state index is 0.0760. The molecule has 1 heterocycles. The zero-order chi connectivity index (χ0) is 17.1. The van der Waals surface area contributed by atoms with Crippen molar-refractivity contribution in [2.24, 2.45) is 0 Å². The SMILES string of the molecule is Cc1cc2nc(CCO)n(CCOc3ccccc3Cl)c2cc1C. The number of para-hydroxylation sites is 1. The third-order valence-electron chi connectivity index (χ3n) is 4.19. The fourth-order valence-corrected chi connectivity index (χ4v) is 2.97. The third kappa shape index (κ3) is 3.40. The van der Waals surface area contributed by atoms with E-state index in [4.69, 9.17) is 16.3 Å². The molecule has 2 aromatic carbocycles. The fraction of sp³-hybridized carbons (Fsp3) is 0.316. The highest BCUT2D eigenvalue weighted by Crippen LogP contribution is 2.24. The van der Waals surface area contributed by atoms with Crippen LogP contribution in [-0.2, 0) is 13.0 Å². The number of halogens is 1. The van der Waals surface area contributed by atoms with Crippen molar-refractivity contribution >= 4 is 22.6 Å². The summed E-state index contributed by atoms with van der Waals surface area (Å²) in [5.41, 5.74) is 4.48. The molecule has 0 aliphatic rings. The van der Waals surface area contributed by atoms with Crippen molar-refractivity contribution in [3.8, 4) is 5.75 Å². The van der Waals surface area contributed by atoms with Crippen molar-refractivity contribution in [3.63, 3.8) is 0 Å². The molecule has 1 aromatic heterocycles. The molecule has 0 bridgehead atoms. The van der Waals surface area contributed by atoms with Crippen molar-refractivity contribution in [2.75, 3.05) is 13.2 Å². The summed E-state index contributed by atoms with van der Waals surface area (Å²) in [5, 5.41) is 9.92. The van der Waals surface area contributed by atoms with Crippen LogP contribution in [0.1, 0.15) is 17.0 Å². The van der Waals surface area contributed by atoms with E-state index >= 15 is 0 Å². The predicted molar refractivity (Wildman–Crippen MR) is 96.9 cm³/mol. The van der Waals surface area contributed by atoms with E-state index in [0.29, 0.717) is 30.3 Å². The van der Waals surface area contributed by atoms with Crippen LogP contribution in [0, 0.1) is 13.8 Å². The van der Waals surface area contributed by atoms with Gasteiger partial charge in [-0.25, -0.2) is 4.98 Å². The number of rotatable bonds is 6. The van der Waals surface area contributed by atoms with Gasteiger partial charge in [-0.1, -0.05) is 23.7 Å². The van der Waals surface area contributed by atoms with Gasteiger partial charge in [-0.3, -0.25) is 0 Å². The molecule has 0 saturated carbocycles. The van der Waals surface area contributed by atoms with Crippen LogP contribution in [0.2, 0.25) is 5.02 Å². The zero-order valence-corrected chi connectivity index (χ0v) is 14.7. The highest BCUT2D eigenvalue weighted by Gasteiger charge is 2.12. The summed E-state index contributed by atoms with van der Waals surface area (Å²) >= 11 is 6.12. The molecule has 1 N–H and O–H groups in total. The van der Waals surface area contributed by atoms with Crippen molar-refractivity contribution in [2.45, 2.75) is 26.8 Å². The highest BCUT2D eigenvalue weighted by molar-refractivity contribution is 6.32. The van der Waals surface area contributed by atoms with Crippen molar-refractivity contribution in [1.82, 2.24) is 9.55 Å². The lowest BCUT2D eigenvalue weighted by molar-refractivity contribution is 0.283. The molecule has 3 rings (SSSR count). The van der Waals surface area contributed by atoms with Crippen LogP contribution in [0.5, 0.6) is 5.75 Å². The molecule has 0 aliphatic heterocycles. The first-order valence-electron chi connectivity index (χ1n) is 8.04. The third-order valence-corrected chi connectivity index (χ3v) is 4.50. The summed E-state index contributed by atoms with van der Waals surface area (Å²) in [4.78, 5) is 4.67. The number of ether oxygens (including phenoxy) is 1. The topological polar surface area (TPSA) is 47.3 Å². The van der Waals surface area contributed by atoms with Gasteiger partial charge in [0.05, 0.1) is 29.2 Å². The molecule has 0 unspecified atom stereocenters. The summed E-state index contributed by atoms with van der Waals surface area (Å²) in [6.45, 7) is 5.39. The number of aryl methyl sites for hydroxylation is 2. The average Bonchev–Trinajstić information content (AvgIpc) is 2.87. The van der Waals surface area contributed by atoms with E-state index in [1.807, 2.05) is 24.3 Å². The van der Waals surface area contributed by atoms with Gasteiger partial charge in [-0.15, -0.1) is 0 Å². The van der Waals surface area contributed by atoms with Crippen molar-refractivity contribution in [3.05, 3.63) is 58.4 Å². The van der Waals surface area contributed by atoms with Crippen LogP contribution in [0.4, 0.5) is 0 Å². The van der Waals surface area contributed by atoms with E-state index in [9.17, 15) is 5.11 Å². The molecule has 0 radical (unpaired) electrons. The molecule has 0 amide bonds. The lowest BCUT2D eigenvalue weighted by Gasteiger charge is -2.11. The first-order chi connectivity index (χ1) is 11.6. The first kappa shape index (κ1) is 16.8. The molecule has 0 fully saturated rings. The number of hydrogen-bond donors (Lipinski definition) is 1. The Labute approximate surface area is 146 Å². The second-order valence-electron chi connectivity index (χ2n) is 5.86. The number of imidazole rings is 1. The Morgan fingerprint density at radius 3 is 2.67 bits per heavy atom. The average molecular weight is 345 g/mol. The molecule has 5 heteroatoms. The normalized spacial score (nSPS) is 11.2. The van der Waals surface area contributed by atoms with Crippen LogP contribution in [0.3, 0.4) is 0 Å². The second kappa shape index (κ2) is 7.24. The Hall–Kier alpha value is -2.04. The van der Waals surface area contributed by atoms with E-state index in [2.05, 4.69) is 35.5 Å². The summed E-state index contributed by atoms with van der Waals surface area (Å²) in [7, 11) is 0. The number of hydrogen-bond acceptors (Lipinski definition) is 3. The largest absolute Gasteiger partial charge is 0.490 e. The Balaban J connectivity index is 1.85. The minimum atomic E-state index is 0.0760. The number of benzene rings is 2. The van der Waals surface area contributed by atoms with Gasteiger partial charge in [-0.05, 0) is 49.2 Å². The molecule has 126 valence electrons. The maximum atomic E-state index is 9.32. The molecule has 0 saturated heterocycles. The Morgan fingerprint density at radius 1 is 1.17 bits per heavy atom. The molecular formula is C19H21ClN2O2. The molecule has 0 spiro atoms. The summed E-state index contributed by atoms with van der Waals surface area (Å²) in [6.07, 6.45) is 0.527. The number of fused-ring (bicyclic) bond motifs is 1. The van der Waals surface area contributed by atoms with Crippen LogP contribution in [-0.4, -0.2) is 27.9 Å². The smallest absolute Gasteiger partial charge is 0.137 e. The maximum absolute atomic E-state index is 9.32. The second-order valence-corrected chi connectivity index (χ2v) is 6.26. The van der Waals surface area contributed by atoms with Gasteiger partial charge >= 0.3 is 0 Å². The molecule has 3 aromatic rings. The van der Waals surface area contributed by atoms with Crippen LogP contribution < -0.4 is 4.74 Å². The Kier molecular flexibility index (Phi) is 5.07. The van der Waals surface area contributed by atoms with Gasteiger partial charge in [0.25, 0.3) is 0 Å². The standard InChI is InChI=1S/C19H21ClN2O2/c1-13-11-16-17(12-14(13)2)22(19(21-16)7-9-23)8-10-24-18-6-4-3-5-15(18)20/h3-6,11-12,23H,7-10H2,1-2H3. The predicted octanol–water partition coefficient (Wildman–Crippen LogP) is 3.92.